The molecule has 8 heteroatoms. The number of likely N-dealkylation sites (tertiary alicyclic amines) is 1. The first kappa shape index (κ1) is 20.7. The van der Waals surface area contributed by atoms with Crippen LogP contribution in [0.15, 0.2) is 29.3 Å². The number of hydrogen-bond donors (Lipinski definition) is 3. The first-order valence-electron chi connectivity index (χ1n) is 9.31. The van der Waals surface area contributed by atoms with Gasteiger partial charge in [0.2, 0.25) is 11.8 Å². The smallest absolute Gasteiger partial charge is 0.246 e. The van der Waals surface area contributed by atoms with Crippen molar-refractivity contribution in [2.45, 2.75) is 26.2 Å². The maximum absolute atomic E-state index is 13.2. The molecule has 1 fully saturated rings. The number of benzene rings is 1. The van der Waals surface area contributed by atoms with Gasteiger partial charge in [-0.3, -0.25) is 9.59 Å². The van der Waals surface area contributed by atoms with Crippen molar-refractivity contribution in [3.63, 3.8) is 0 Å². The van der Waals surface area contributed by atoms with Crippen LogP contribution >= 0.6 is 0 Å². The third-order valence-corrected chi connectivity index (χ3v) is 4.48. The van der Waals surface area contributed by atoms with Crippen LogP contribution in [0, 0.1) is 11.7 Å². The van der Waals surface area contributed by atoms with Crippen LogP contribution in [0.4, 0.5) is 10.1 Å². The lowest BCUT2D eigenvalue weighted by Gasteiger charge is -2.34. The molecule has 0 bridgehead atoms. The van der Waals surface area contributed by atoms with E-state index in [2.05, 4.69) is 25.8 Å². The van der Waals surface area contributed by atoms with Crippen LogP contribution in [-0.2, 0) is 9.59 Å². The number of nitrogens with zero attached hydrogens (tertiary/aromatic N) is 2. The Morgan fingerprint density at radius 2 is 2.00 bits per heavy atom. The number of anilines is 1. The van der Waals surface area contributed by atoms with Gasteiger partial charge in [-0.15, -0.1) is 0 Å². The van der Waals surface area contributed by atoms with Crippen LogP contribution in [0.3, 0.4) is 0 Å². The second kappa shape index (κ2) is 10.5. The van der Waals surface area contributed by atoms with Gasteiger partial charge in [-0.2, -0.15) is 0 Å². The summed E-state index contributed by atoms with van der Waals surface area (Å²) in [6.45, 7) is 4.21. The number of piperidine rings is 1. The monoisotopic (exact) mass is 377 g/mol. The SMILES string of the molecule is CCNC(=NCC(=O)Nc1cccc(F)c1)N1CCC(CC(=O)NC)CC1. The Labute approximate surface area is 159 Å². The number of nitrogens with one attached hydrogen (secondary N) is 3. The second-order valence-corrected chi connectivity index (χ2v) is 6.54. The molecular formula is C19H28FN5O2. The summed E-state index contributed by atoms with van der Waals surface area (Å²) in [5.41, 5.74) is 0.412. The van der Waals surface area contributed by atoms with Gasteiger partial charge in [-0.25, -0.2) is 9.38 Å². The minimum absolute atomic E-state index is 0.0446. The number of amides is 2. The molecule has 1 aromatic rings. The Bertz CT molecular complexity index is 672. The highest BCUT2D eigenvalue weighted by molar-refractivity contribution is 5.94. The van der Waals surface area contributed by atoms with E-state index in [9.17, 15) is 14.0 Å². The lowest BCUT2D eigenvalue weighted by atomic mass is 9.93. The number of hydrogen-bond acceptors (Lipinski definition) is 3. The fraction of sp³-hybridized carbons (Fsp3) is 0.526. The molecule has 0 atom stereocenters. The zero-order valence-corrected chi connectivity index (χ0v) is 15.9. The number of carbonyl (C=O) groups is 2. The van der Waals surface area contributed by atoms with E-state index in [1.807, 2.05) is 6.92 Å². The van der Waals surface area contributed by atoms with Crippen molar-refractivity contribution in [3.8, 4) is 0 Å². The lowest BCUT2D eigenvalue weighted by molar-refractivity contribution is -0.121. The van der Waals surface area contributed by atoms with Gasteiger partial charge in [0.15, 0.2) is 5.96 Å². The number of carbonyl (C=O) groups excluding carboxylic acids is 2. The van der Waals surface area contributed by atoms with Gasteiger partial charge in [-0.05, 0) is 43.9 Å². The summed E-state index contributed by atoms with van der Waals surface area (Å²) < 4.78 is 13.2. The predicted molar refractivity (Wildman–Crippen MR) is 104 cm³/mol. The van der Waals surface area contributed by atoms with E-state index in [4.69, 9.17) is 0 Å². The van der Waals surface area contributed by atoms with Gasteiger partial charge in [0.1, 0.15) is 12.4 Å². The Kier molecular flexibility index (Phi) is 8.03. The van der Waals surface area contributed by atoms with Crippen LogP contribution in [-0.4, -0.2) is 55.9 Å². The van der Waals surface area contributed by atoms with Crippen LogP contribution in [0.25, 0.3) is 0 Å². The second-order valence-electron chi connectivity index (χ2n) is 6.54. The molecule has 0 aliphatic carbocycles. The average Bonchev–Trinajstić information content (AvgIpc) is 2.65. The minimum atomic E-state index is -0.399. The normalized spacial score (nSPS) is 15.4. The molecule has 0 saturated carbocycles. The van der Waals surface area contributed by atoms with Gasteiger partial charge < -0.3 is 20.9 Å². The molecule has 1 saturated heterocycles. The Morgan fingerprint density at radius 3 is 2.63 bits per heavy atom. The van der Waals surface area contributed by atoms with E-state index in [1.165, 1.54) is 12.1 Å². The molecule has 0 aromatic heterocycles. The summed E-state index contributed by atoms with van der Waals surface area (Å²) in [7, 11) is 1.66. The number of halogens is 1. The standard InChI is InChI=1S/C19H28FN5O2/c1-3-22-19(25-9-7-14(8-10-25)11-17(26)21-2)23-13-18(27)24-16-6-4-5-15(20)12-16/h4-6,12,14H,3,7-11,13H2,1-2H3,(H,21,26)(H,22,23)(H,24,27). The van der Waals surface area contributed by atoms with Gasteiger partial charge in [0.25, 0.3) is 0 Å². The third-order valence-electron chi connectivity index (χ3n) is 4.48. The molecule has 3 N–H and O–H groups in total. The molecule has 7 nitrogen and oxygen atoms in total. The van der Waals surface area contributed by atoms with E-state index in [0.717, 1.165) is 25.9 Å². The van der Waals surface area contributed by atoms with Gasteiger partial charge in [0.05, 0.1) is 0 Å². The van der Waals surface area contributed by atoms with E-state index < -0.39 is 5.82 Å². The summed E-state index contributed by atoms with van der Waals surface area (Å²) in [5, 5.41) is 8.51. The molecule has 0 unspecified atom stereocenters. The van der Waals surface area contributed by atoms with Crippen LogP contribution in [0.5, 0.6) is 0 Å². The minimum Gasteiger partial charge on any atom is -0.359 e. The molecule has 148 valence electrons. The highest BCUT2D eigenvalue weighted by Crippen LogP contribution is 2.20. The summed E-state index contributed by atoms with van der Waals surface area (Å²) >= 11 is 0. The number of rotatable bonds is 6. The molecule has 0 spiro atoms. The van der Waals surface area contributed by atoms with Gasteiger partial charge in [-0.1, -0.05) is 6.07 Å². The van der Waals surface area contributed by atoms with E-state index in [0.29, 0.717) is 30.5 Å². The lowest BCUT2D eigenvalue weighted by Crippen LogP contribution is -2.46. The quantitative estimate of drug-likeness (QED) is 0.519. The Morgan fingerprint density at radius 1 is 1.26 bits per heavy atom. The van der Waals surface area contributed by atoms with Crippen LogP contribution in [0.2, 0.25) is 0 Å². The van der Waals surface area contributed by atoms with Crippen molar-refractivity contribution in [1.29, 1.82) is 0 Å². The zero-order valence-electron chi connectivity index (χ0n) is 15.9. The topological polar surface area (TPSA) is 85.8 Å². The maximum atomic E-state index is 13.2. The summed E-state index contributed by atoms with van der Waals surface area (Å²) in [4.78, 5) is 30.1. The predicted octanol–water partition coefficient (Wildman–Crippen LogP) is 1.58. The van der Waals surface area contributed by atoms with E-state index in [1.54, 1.807) is 19.2 Å². The molecule has 1 heterocycles. The summed E-state index contributed by atoms with van der Waals surface area (Å²) in [5.74, 6) is 0.434. The van der Waals surface area contributed by atoms with Crippen molar-refractivity contribution in [2.24, 2.45) is 10.9 Å². The molecular weight excluding hydrogens is 349 g/mol. The largest absolute Gasteiger partial charge is 0.359 e. The van der Waals surface area contributed by atoms with Crippen molar-refractivity contribution < 1.29 is 14.0 Å². The van der Waals surface area contributed by atoms with Crippen LogP contribution < -0.4 is 16.0 Å². The van der Waals surface area contributed by atoms with Crippen LogP contribution in [0.1, 0.15) is 26.2 Å². The first-order chi connectivity index (χ1) is 13.0. The van der Waals surface area contributed by atoms with Gasteiger partial charge >= 0.3 is 0 Å². The molecule has 27 heavy (non-hydrogen) atoms. The molecule has 2 rings (SSSR count). The fourth-order valence-corrected chi connectivity index (χ4v) is 3.05. The van der Waals surface area contributed by atoms with E-state index >= 15 is 0 Å². The number of aliphatic imine (C=N–C) groups is 1. The molecule has 1 aliphatic rings. The van der Waals surface area contributed by atoms with Crippen molar-refractivity contribution in [1.82, 2.24) is 15.5 Å². The van der Waals surface area contributed by atoms with Crippen molar-refractivity contribution in [3.05, 3.63) is 30.1 Å². The van der Waals surface area contributed by atoms with Crippen molar-refractivity contribution in [2.75, 3.05) is 38.5 Å². The Hall–Kier alpha value is -2.64. The number of guanidine groups is 1. The maximum Gasteiger partial charge on any atom is 0.246 e. The van der Waals surface area contributed by atoms with Crippen molar-refractivity contribution >= 4 is 23.5 Å². The van der Waals surface area contributed by atoms with E-state index in [-0.39, 0.29) is 18.4 Å². The summed E-state index contributed by atoms with van der Waals surface area (Å²) in [6, 6.07) is 5.77. The third kappa shape index (κ3) is 6.88. The Balaban J connectivity index is 1.88. The fourth-order valence-electron chi connectivity index (χ4n) is 3.05. The molecule has 0 radical (unpaired) electrons. The zero-order chi connectivity index (χ0) is 19.6. The first-order valence-corrected chi connectivity index (χ1v) is 9.31. The van der Waals surface area contributed by atoms with Gasteiger partial charge in [0, 0.05) is 38.8 Å². The summed E-state index contributed by atoms with van der Waals surface area (Å²) in [6.07, 6.45) is 2.37. The molecule has 1 aromatic carbocycles. The molecule has 1 aliphatic heterocycles. The highest BCUT2D eigenvalue weighted by Gasteiger charge is 2.23. The highest BCUT2D eigenvalue weighted by atomic mass is 19.1. The molecule has 2 amide bonds. The average molecular weight is 377 g/mol.